The van der Waals surface area contributed by atoms with Crippen molar-refractivity contribution >= 4 is 17.9 Å². The fraction of sp³-hybridized carbons (Fsp3) is 0.333. The Balaban J connectivity index is 2.75. The third-order valence-electron chi connectivity index (χ3n) is 1.76. The zero-order valence-corrected chi connectivity index (χ0v) is 9.47. The number of carbonyl (C=O) groups excluding carboxylic acids is 1. The van der Waals surface area contributed by atoms with Crippen molar-refractivity contribution in [1.29, 1.82) is 0 Å². The van der Waals surface area contributed by atoms with Crippen molar-refractivity contribution in [3.63, 3.8) is 0 Å². The average molecular weight is 221 g/mol. The van der Waals surface area contributed by atoms with Gasteiger partial charge in [0.15, 0.2) is 0 Å². The quantitative estimate of drug-likeness (QED) is 0.566. The van der Waals surface area contributed by atoms with Gasteiger partial charge in [-0.05, 0) is 26.0 Å². The maximum absolute atomic E-state index is 11.1. The van der Waals surface area contributed by atoms with Crippen LogP contribution in [0.1, 0.15) is 13.8 Å². The van der Waals surface area contributed by atoms with Gasteiger partial charge in [0, 0.05) is 0 Å². The highest BCUT2D eigenvalue weighted by Gasteiger charge is 2.01. The van der Waals surface area contributed by atoms with Crippen LogP contribution in [0.3, 0.4) is 0 Å². The summed E-state index contributed by atoms with van der Waals surface area (Å²) in [5.41, 5.74) is 0.623. The molecule has 0 saturated heterocycles. The maximum atomic E-state index is 11.1. The molecule has 1 rings (SSSR count). The van der Waals surface area contributed by atoms with Crippen molar-refractivity contribution in [3.05, 3.63) is 24.3 Å². The van der Waals surface area contributed by atoms with E-state index in [2.05, 4.69) is 4.99 Å². The molecule has 4 heteroatoms. The number of hydrogen-bond acceptors (Lipinski definition) is 4. The maximum Gasteiger partial charge on any atom is 0.349 e. The number of esters is 1. The molecular weight excluding hydrogens is 206 g/mol. The minimum absolute atomic E-state index is 0.345. The lowest BCUT2D eigenvalue weighted by atomic mass is 10.3. The molecule has 0 aliphatic carbocycles. The van der Waals surface area contributed by atoms with Crippen LogP contribution in [0.5, 0.6) is 5.75 Å². The fourth-order valence-electron chi connectivity index (χ4n) is 1.14. The molecular formula is C12H15NO3. The molecule has 0 radical (unpaired) electrons. The molecule has 0 unspecified atom stereocenters. The number of ether oxygens (including phenoxy) is 2. The summed E-state index contributed by atoms with van der Waals surface area (Å²) in [6.07, 6.45) is 1.15. The van der Waals surface area contributed by atoms with E-state index in [0.29, 0.717) is 24.7 Å². The summed E-state index contributed by atoms with van der Waals surface area (Å²) < 4.78 is 10.1. The SMILES string of the molecule is CCOC(=O)C=Nc1ccccc1OCC. The first kappa shape index (κ1) is 12.2. The van der Waals surface area contributed by atoms with Gasteiger partial charge in [-0.1, -0.05) is 12.1 Å². The zero-order valence-electron chi connectivity index (χ0n) is 9.47. The van der Waals surface area contributed by atoms with E-state index >= 15 is 0 Å². The summed E-state index contributed by atoms with van der Waals surface area (Å²) in [7, 11) is 0. The lowest BCUT2D eigenvalue weighted by molar-refractivity contribution is -0.134. The Morgan fingerprint density at radius 1 is 1.31 bits per heavy atom. The molecule has 0 aliphatic rings. The highest BCUT2D eigenvalue weighted by atomic mass is 16.5. The topological polar surface area (TPSA) is 47.9 Å². The number of rotatable bonds is 5. The van der Waals surface area contributed by atoms with Gasteiger partial charge in [0.05, 0.1) is 13.2 Å². The lowest BCUT2D eigenvalue weighted by Gasteiger charge is -2.05. The number of aliphatic imine (C=N–C) groups is 1. The minimum atomic E-state index is -0.450. The predicted octanol–water partition coefficient (Wildman–Crippen LogP) is 2.35. The van der Waals surface area contributed by atoms with Crippen LogP contribution < -0.4 is 4.74 Å². The van der Waals surface area contributed by atoms with Gasteiger partial charge in [-0.2, -0.15) is 0 Å². The first-order valence-corrected chi connectivity index (χ1v) is 5.20. The highest BCUT2D eigenvalue weighted by Crippen LogP contribution is 2.26. The number of para-hydroxylation sites is 2. The van der Waals surface area contributed by atoms with E-state index < -0.39 is 5.97 Å². The molecule has 86 valence electrons. The van der Waals surface area contributed by atoms with Crippen molar-refractivity contribution in [2.45, 2.75) is 13.8 Å². The van der Waals surface area contributed by atoms with Gasteiger partial charge in [0.25, 0.3) is 0 Å². The van der Waals surface area contributed by atoms with E-state index in [1.807, 2.05) is 19.1 Å². The van der Waals surface area contributed by atoms with Gasteiger partial charge in [-0.15, -0.1) is 0 Å². The summed E-state index contributed by atoms with van der Waals surface area (Å²) in [5.74, 6) is 0.208. The molecule has 0 spiro atoms. The van der Waals surface area contributed by atoms with Crippen LogP contribution in [-0.4, -0.2) is 25.4 Å². The Kier molecular flexibility index (Phi) is 5.05. The molecule has 0 bridgehead atoms. The summed E-state index contributed by atoms with van der Waals surface area (Å²) in [6, 6.07) is 7.27. The molecule has 0 atom stereocenters. The van der Waals surface area contributed by atoms with Crippen molar-refractivity contribution in [1.82, 2.24) is 0 Å². The van der Waals surface area contributed by atoms with Gasteiger partial charge >= 0.3 is 5.97 Å². The summed E-state index contributed by atoms with van der Waals surface area (Å²) >= 11 is 0. The van der Waals surface area contributed by atoms with Crippen LogP contribution in [0.2, 0.25) is 0 Å². The third-order valence-corrected chi connectivity index (χ3v) is 1.76. The molecule has 0 heterocycles. The normalized spacial score (nSPS) is 10.4. The molecule has 0 saturated carbocycles. The summed E-state index contributed by atoms with van der Waals surface area (Å²) in [4.78, 5) is 15.1. The lowest BCUT2D eigenvalue weighted by Crippen LogP contribution is -2.04. The van der Waals surface area contributed by atoms with E-state index in [1.165, 1.54) is 0 Å². The van der Waals surface area contributed by atoms with E-state index in [1.54, 1.807) is 19.1 Å². The molecule has 1 aromatic rings. The zero-order chi connectivity index (χ0) is 11.8. The van der Waals surface area contributed by atoms with Crippen LogP contribution >= 0.6 is 0 Å². The molecule has 0 fully saturated rings. The second-order valence-corrected chi connectivity index (χ2v) is 2.91. The Bertz CT molecular complexity index is 374. The van der Waals surface area contributed by atoms with E-state index in [9.17, 15) is 4.79 Å². The van der Waals surface area contributed by atoms with Crippen LogP contribution in [0, 0.1) is 0 Å². The van der Waals surface area contributed by atoms with Gasteiger partial charge in [0.1, 0.15) is 17.7 Å². The second-order valence-electron chi connectivity index (χ2n) is 2.91. The summed E-state index contributed by atoms with van der Waals surface area (Å²) in [6.45, 7) is 4.55. The molecule has 0 aromatic heterocycles. The molecule has 4 nitrogen and oxygen atoms in total. The van der Waals surface area contributed by atoms with Crippen LogP contribution in [0.25, 0.3) is 0 Å². The summed E-state index contributed by atoms with van der Waals surface area (Å²) in [5, 5.41) is 0. The average Bonchev–Trinajstić information content (AvgIpc) is 2.29. The van der Waals surface area contributed by atoms with Gasteiger partial charge in [-0.25, -0.2) is 9.79 Å². The first-order chi connectivity index (χ1) is 7.77. The Hall–Kier alpha value is -1.84. The Morgan fingerprint density at radius 2 is 2.06 bits per heavy atom. The number of nitrogens with zero attached hydrogens (tertiary/aromatic N) is 1. The largest absolute Gasteiger partial charge is 0.492 e. The van der Waals surface area contributed by atoms with E-state index in [-0.39, 0.29) is 0 Å². The second kappa shape index (κ2) is 6.61. The number of hydrogen-bond donors (Lipinski definition) is 0. The third kappa shape index (κ3) is 3.73. The van der Waals surface area contributed by atoms with Gasteiger partial charge < -0.3 is 9.47 Å². The Morgan fingerprint density at radius 3 is 2.75 bits per heavy atom. The van der Waals surface area contributed by atoms with E-state index in [0.717, 1.165) is 6.21 Å². The first-order valence-electron chi connectivity index (χ1n) is 5.20. The molecule has 0 amide bonds. The minimum Gasteiger partial charge on any atom is -0.492 e. The van der Waals surface area contributed by atoms with Crippen LogP contribution in [0.15, 0.2) is 29.3 Å². The number of benzene rings is 1. The van der Waals surface area contributed by atoms with Crippen LogP contribution in [-0.2, 0) is 9.53 Å². The van der Waals surface area contributed by atoms with Crippen LogP contribution in [0.4, 0.5) is 5.69 Å². The number of carbonyl (C=O) groups is 1. The monoisotopic (exact) mass is 221 g/mol. The molecule has 0 aliphatic heterocycles. The predicted molar refractivity (Wildman–Crippen MR) is 62.4 cm³/mol. The molecule has 0 N–H and O–H groups in total. The highest BCUT2D eigenvalue weighted by molar-refractivity contribution is 6.23. The van der Waals surface area contributed by atoms with Crippen molar-refractivity contribution < 1.29 is 14.3 Å². The standard InChI is InChI=1S/C12H15NO3/c1-3-15-11-8-6-5-7-10(11)13-9-12(14)16-4-2/h5-9H,3-4H2,1-2H3. The van der Waals surface area contributed by atoms with Crippen molar-refractivity contribution in [2.24, 2.45) is 4.99 Å². The fourth-order valence-corrected chi connectivity index (χ4v) is 1.14. The van der Waals surface area contributed by atoms with Gasteiger partial charge in [-0.3, -0.25) is 0 Å². The molecule has 16 heavy (non-hydrogen) atoms. The smallest absolute Gasteiger partial charge is 0.349 e. The van der Waals surface area contributed by atoms with E-state index in [4.69, 9.17) is 9.47 Å². The Labute approximate surface area is 94.9 Å². The molecule has 1 aromatic carbocycles. The van der Waals surface area contributed by atoms with Crippen molar-refractivity contribution in [2.75, 3.05) is 13.2 Å². The van der Waals surface area contributed by atoms with Crippen molar-refractivity contribution in [3.8, 4) is 5.75 Å². The van der Waals surface area contributed by atoms with Gasteiger partial charge in [0.2, 0.25) is 0 Å².